The Morgan fingerprint density at radius 2 is 2.05 bits per heavy atom. The summed E-state index contributed by atoms with van der Waals surface area (Å²) in [5.41, 5.74) is 1.36. The van der Waals surface area contributed by atoms with Crippen LogP contribution in [-0.4, -0.2) is 40.5 Å². The molecule has 0 unspecified atom stereocenters. The van der Waals surface area contributed by atoms with E-state index in [4.69, 9.17) is 5.11 Å². The maximum atomic E-state index is 13.2. The fourth-order valence-electron chi connectivity index (χ4n) is 2.02. The molecule has 6 heteroatoms. The molecule has 0 saturated carbocycles. The predicted molar refractivity (Wildman–Crippen MR) is 75.7 cm³/mol. The Kier molecular flexibility index (Phi) is 4.16. The summed E-state index contributed by atoms with van der Waals surface area (Å²) in [6.45, 7) is 1.79. The van der Waals surface area contributed by atoms with Crippen molar-refractivity contribution in [1.29, 1.82) is 0 Å². The molecule has 0 bridgehead atoms. The number of hydrogen-bond donors (Lipinski definition) is 1. The maximum absolute atomic E-state index is 13.2. The third-order valence-electron chi connectivity index (χ3n) is 3.21. The largest absolute Gasteiger partial charge is 0.481 e. The van der Waals surface area contributed by atoms with Gasteiger partial charge in [0.05, 0.1) is 23.2 Å². The van der Waals surface area contributed by atoms with Gasteiger partial charge in [0, 0.05) is 25.0 Å². The van der Waals surface area contributed by atoms with Crippen LogP contribution in [0.4, 0.5) is 4.39 Å². The Morgan fingerprint density at radius 1 is 1.33 bits per heavy atom. The number of amides is 1. The first-order chi connectivity index (χ1) is 9.88. The van der Waals surface area contributed by atoms with Gasteiger partial charge >= 0.3 is 5.97 Å². The molecule has 0 saturated heterocycles. The third kappa shape index (κ3) is 3.34. The second-order valence-electron chi connectivity index (χ2n) is 4.83. The van der Waals surface area contributed by atoms with Gasteiger partial charge in [-0.15, -0.1) is 0 Å². The minimum Gasteiger partial charge on any atom is -0.481 e. The Morgan fingerprint density at radius 3 is 2.71 bits per heavy atom. The van der Waals surface area contributed by atoms with Crippen LogP contribution in [0, 0.1) is 12.7 Å². The van der Waals surface area contributed by atoms with E-state index in [-0.39, 0.29) is 24.7 Å². The molecule has 0 aliphatic rings. The maximum Gasteiger partial charge on any atom is 0.305 e. The highest BCUT2D eigenvalue weighted by Gasteiger charge is 2.16. The highest BCUT2D eigenvalue weighted by Crippen LogP contribution is 2.18. The molecule has 2 aromatic rings. The van der Waals surface area contributed by atoms with Crippen molar-refractivity contribution in [2.24, 2.45) is 0 Å². The van der Waals surface area contributed by atoms with Crippen molar-refractivity contribution in [2.45, 2.75) is 13.3 Å². The van der Waals surface area contributed by atoms with Crippen molar-refractivity contribution in [3.8, 4) is 0 Å². The lowest BCUT2D eigenvalue weighted by molar-refractivity contribution is -0.137. The summed E-state index contributed by atoms with van der Waals surface area (Å²) in [5.74, 6) is -1.64. The van der Waals surface area contributed by atoms with E-state index in [0.29, 0.717) is 22.2 Å². The smallest absolute Gasteiger partial charge is 0.305 e. The van der Waals surface area contributed by atoms with E-state index < -0.39 is 5.97 Å². The Labute approximate surface area is 121 Å². The molecular weight excluding hydrogens is 275 g/mol. The van der Waals surface area contributed by atoms with Crippen molar-refractivity contribution >= 4 is 22.8 Å². The van der Waals surface area contributed by atoms with Gasteiger partial charge in [-0.05, 0) is 25.1 Å². The Hall–Kier alpha value is -2.50. The number of pyridine rings is 1. The number of halogens is 1. The fraction of sp³-hybridized carbons (Fsp3) is 0.267. The molecular formula is C15H15FN2O3. The number of hydrogen-bond acceptors (Lipinski definition) is 3. The molecule has 0 aliphatic heterocycles. The van der Waals surface area contributed by atoms with Crippen LogP contribution in [0.3, 0.4) is 0 Å². The summed E-state index contributed by atoms with van der Waals surface area (Å²) in [5, 5.41) is 9.31. The SMILES string of the molecule is Cc1nc2cc(F)ccc2cc1C(=O)N(C)CCC(=O)O. The van der Waals surface area contributed by atoms with Gasteiger partial charge in [-0.1, -0.05) is 0 Å². The monoisotopic (exact) mass is 290 g/mol. The number of nitrogens with zero attached hydrogens (tertiary/aromatic N) is 2. The van der Waals surface area contributed by atoms with Gasteiger partial charge in [-0.2, -0.15) is 0 Å². The summed E-state index contributed by atoms with van der Waals surface area (Å²) in [7, 11) is 1.54. The lowest BCUT2D eigenvalue weighted by Gasteiger charge is -2.17. The number of fused-ring (bicyclic) bond motifs is 1. The van der Waals surface area contributed by atoms with Crippen LogP contribution in [-0.2, 0) is 4.79 Å². The molecule has 0 spiro atoms. The van der Waals surface area contributed by atoms with Gasteiger partial charge in [0.25, 0.3) is 5.91 Å². The Balaban J connectivity index is 2.32. The van der Waals surface area contributed by atoms with Crippen molar-refractivity contribution in [2.75, 3.05) is 13.6 Å². The predicted octanol–water partition coefficient (Wildman–Crippen LogP) is 2.23. The summed E-state index contributed by atoms with van der Waals surface area (Å²) in [6, 6.07) is 5.83. The number of carbonyl (C=O) groups excluding carboxylic acids is 1. The van der Waals surface area contributed by atoms with Crippen molar-refractivity contribution in [1.82, 2.24) is 9.88 Å². The van der Waals surface area contributed by atoms with Crippen LogP contribution in [0.25, 0.3) is 10.9 Å². The molecule has 110 valence electrons. The number of rotatable bonds is 4. The highest BCUT2D eigenvalue weighted by molar-refractivity contribution is 5.98. The van der Waals surface area contributed by atoms with Gasteiger partial charge in [0.2, 0.25) is 0 Å². The first-order valence-corrected chi connectivity index (χ1v) is 6.42. The minimum atomic E-state index is -0.960. The highest BCUT2D eigenvalue weighted by atomic mass is 19.1. The number of aliphatic carboxylic acids is 1. The summed E-state index contributed by atoms with van der Waals surface area (Å²) < 4.78 is 13.2. The molecule has 0 radical (unpaired) electrons. The zero-order chi connectivity index (χ0) is 15.6. The number of carboxylic acid groups (broad SMARTS) is 1. The molecule has 1 aromatic carbocycles. The van der Waals surface area contributed by atoms with Gasteiger partial charge in [0.1, 0.15) is 5.82 Å². The topological polar surface area (TPSA) is 70.5 Å². The van der Waals surface area contributed by atoms with E-state index in [9.17, 15) is 14.0 Å². The number of aryl methyl sites for hydroxylation is 1. The molecule has 2 rings (SSSR count). The van der Waals surface area contributed by atoms with Crippen LogP contribution in [0.2, 0.25) is 0 Å². The Bertz CT molecular complexity index is 715. The standard InChI is InChI=1S/C15H15FN2O3/c1-9-12(15(21)18(2)6-5-14(19)20)7-10-3-4-11(16)8-13(10)17-9/h3-4,7-8H,5-6H2,1-2H3,(H,19,20). The molecule has 5 nitrogen and oxygen atoms in total. The number of benzene rings is 1. The number of carbonyl (C=O) groups is 2. The molecule has 0 fully saturated rings. The fourth-order valence-corrected chi connectivity index (χ4v) is 2.02. The molecule has 1 aromatic heterocycles. The lowest BCUT2D eigenvalue weighted by Crippen LogP contribution is -2.29. The third-order valence-corrected chi connectivity index (χ3v) is 3.21. The van der Waals surface area contributed by atoms with Crippen molar-refractivity contribution in [3.63, 3.8) is 0 Å². The van der Waals surface area contributed by atoms with E-state index in [0.717, 1.165) is 0 Å². The van der Waals surface area contributed by atoms with Crippen LogP contribution < -0.4 is 0 Å². The second-order valence-corrected chi connectivity index (χ2v) is 4.83. The normalized spacial score (nSPS) is 10.6. The quantitative estimate of drug-likeness (QED) is 0.937. The average Bonchev–Trinajstić information content (AvgIpc) is 2.43. The zero-order valence-corrected chi connectivity index (χ0v) is 11.8. The number of carboxylic acids is 1. The van der Waals surface area contributed by atoms with Crippen molar-refractivity contribution < 1.29 is 19.1 Å². The minimum absolute atomic E-state index is 0.118. The summed E-state index contributed by atoms with van der Waals surface area (Å²) in [4.78, 5) is 28.4. The van der Waals surface area contributed by atoms with Gasteiger partial charge < -0.3 is 10.0 Å². The first-order valence-electron chi connectivity index (χ1n) is 6.42. The van der Waals surface area contributed by atoms with Crippen molar-refractivity contribution in [3.05, 3.63) is 41.3 Å². The molecule has 1 amide bonds. The van der Waals surface area contributed by atoms with E-state index in [2.05, 4.69) is 4.98 Å². The molecule has 0 aliphatic carbocycles. The van der Waals surface area contributed by atoms with Crippen LogP contribution in [0.15, 0.2) is 24.3 Å². The van der Waals surface area contributed by atoms with Gasteiger partial charge in [-0.25, -0.2) is 4.39 Å². The average molecular weight is 290 g/mol. The first kappa shape index (κ1) is 14.9. The van der Waals surface area contributed by atoms with Gasteiger partial charge in [0.15, 0.2) is 0 Å². The van der Waals surface area contributed by atoms with Crippen LogP contribution in [0.5, 0.6) is 0 Å². The summed E-state index contributed by atoms with van der Waals surface area (Å²) >= 11 is 0. The van der Waals surface area contributed by atoms with Gasteiger partial charge in [-0.3, -0.25) is 14.6 Å². The van der Waals surface area contributed by atoms with E-state index in [1.807, 2.05) is 0 Å². The summed E-state index contributed by atoms with van der Waals surface area (Å²) in [6.07, 6.45) is -0.118. The van der Waals surface area contributed by atoms with E-state index >= 15 is 0 Å². The molecule has 21 heavy (non-hydrogen) atoms. The van der Waals surface area contributed by atoms with E-state index in [1.165, 1.54) is 17.0 Å². The van der Waals surface area contributed by atoms with Crippen LogP contribution in [0.1, 0.15) is 22.5 Å². The van der Waals surface area contributed by atoms with Crippen LogP contribution >= 0.6 is 0 Å². The molecule has 1 heterocycles. The molecule has 1 N–H and O–H groups in total. The number of aromatic nitrogens is 1. The van der Waals surface area contributed by atoms with E-state index in [1.54, 1.807) is 26.1 Å². The molecule has 0 atom stereocenters. The zero-order valence-electron chi connectivity index (χ0n) is 11.8. The lowest BCUT2D eigenvalue weighted by atomic mass is 10.1. The second kappa shape index (κ2) is 5.87.